The average Bonchev–Trinajstić information content (AvgIpc) is 3.18. The van der Waals surface area contributed by atoms with Crippen LogP contribution in [0.4, 0.5) is 0 Å². The first-order valence-electron chi connectivity index (χ1n) is 10.7. The van der Waals surface area contributed by atoms with Crippen molar-refractivity contribution >= 4 is 11.9 Å². The van der Waals surface area contributed by atoms with Crippen molar-refractivity contribution < 1.29 is 14.3 Å². The SMILES string of the molecule is CCOC(=O)[C@@H]1[C@H]2CN(C3CCN(C(=O)c4cnccn4)CC3)C[C@@H]2C=C[C@@H]1C. The lowest BCUT2D eigenvalue weighted by atomic mass is 9.72. The number of ether oxygens (including phenoxy) is 1. The molecule has 1 amide bonds. The fraction of sp³-hybridized carbons (Fsp3) is 0.636. The highest BCUT2D eigenvalue weighted by Gasteiger charge is 2.46. The maximum atomic E-state index is 12.6. The molecule has 0 bridgehead atoms. The summed E-state index contributed by atoms with van der Waals surface area (Å²) in [6.07, 6.45) is 11.1. The summed E-state index contributed by atoms with van der Waals surface area (Å²) < 4.78 is 5.38. The quantitative estimate of drug-likeness (QED) is 0.571. The second-order valence-corrected chi connectivity index (χ2v) is 8.42. The Morgan fingerprint density at radius 2 is 1.97 bits per heavy atom. The highest BCUT2D eigenvalue weighted by Crippen LogP contribution is 2.41. The smallest absolute Gasteiger partial charge is 0.309 e. The number of aromatic nitrogens is 2. The minimum Gasteiger partial charge on any atom is -0.466 e. The van der Waals surface area contributed by atoms with Crippen LogP contribution in [0.3, 0.4) is 0 Å². The zero-order chi connectivity index (χ0) is 20.4. The number of allylic oxidation sites excluding steroid dienone is 1. The van der Waals surface area contributed by atoms with E-state index in [4.69, 9.17) is 4.74 Å². The van der Waals surface area contributed by atoms with Gasteiger partial charge in [-0.25, -0.2) is 4.98 Å². The number of hydrogen-bond donors (Lipinski definition) is 0. The van der Waals surface area contributed by atoms with Crippen molar-refractivity contribution in [3.63, 3.8) is 0 Å². The number of fused-ring (bicyclic) bond motifs is 1. The summed E-state index contributed by atoms with van der Waals surface area (Å²) in [6.45, 7) is 7.82. The summed E-state index contributed by atoms with van der Waals surface area (Å²) in [7, 11) is 0. The van der Waals surface area contributed by atoms with E-state index in [1.165, 1.54) is 6.20 Å². The third-order valence-corrected chi connectivity index (χ3v) is 6.74. The van der Waals surface area contributed by atoms with Crippen LogP contribution in [0.5, 0.6) is 0 Å². The minimum atomic E-state index is -0.0504. The number of hydrogen-bond acceptors (Lipinski definition) is 6. The van der Waals surface area contributed by atoms with Crippen LogP contribution in [-0.4, -0.2) is 70.5 Å². The van der Waals surface area contributed by atoms with Gasteiger partial charge in [-0.15, -0.1) is 0 Å². The van der Waals surface area contributed by atoms with Crippen molar-refractivity contribution in [2.75, 3.05) is 32.8 Å². The molecule has 4 rings (SSSR count). The van der Waals surface area contributed by atoms with Gasteiger partial charge < -0.3 is 9.64 Å². The van der Waals surface area contributed by atoms with Crippen molar-refractivity contribution in [1.29, 1.82) is 0 Å². The van der Waals surface area contributed by atoms with Crippen LogP contribution in [0.15, 0.2) is 30.7 Å². The van der Waals surface area contributed by atoms with E-state index in [-0.39, 0.29) is 23.7 Å². The summed E-state index contributed by atoms with van der Waals surface area (Å²) in [5.41, 5.74) is 0.412. The number of carbonyl (C=O) groups is 2. The molecule has 0 radical (unpaired) electrons. The Labute approximate surface area is 172 Å². The number of rotatable bonds is 4. The second-order valence-electron chi connectivity index (χ2n) is 8.42. The van der Waals surface area contributed by atoms with Crippen LogP contribution >= 0.6 is 0 Å². The predicted octanol–water partition coefficient (Wildman–Crippen LogP) is 2.01. The summed E-state index contributed by atoms with van der Waals surface area (Å²) in [5, 5.41) is 0. The van der Waals surface area contributed by atoms with Gasteiger partial charge in [0, 0.05) is 44.6 Å². The molecule has 3 aliphatic rings. The lowest BCUT2D eigenvalue weighted by Gasteiger charge is -2.37. The Bertz CT molecular complexity index is 761. The number of carbonyl (C=O) groups excluding carboxylic acids is 2. The first kappa shape index (κ1) is 20.0. The first-order chi connectivity index (χ1) is 14.1. The molecule has 2 aliphatic heterocycles. The third kappa shape index (κ3) is 4.06. The predicted molar refractivity (Wildman–Crippen MR) is 108 cm³/mol. The molecule has 2 saturated heterocycles. The fourth-order valence-corrected chi connectivity index (χ4v) is 5.23. The molecule has 156 valence electrons. The Hall–Kier alpha value is -2.28. The molecule has 2 fully saturated rings. The lowest BCUT2D eigenvalue weighted by Crippen LogP contribution is -2.46. The molecule has 0 N–H and O–H groups in total. The van der Waals surface area contributed by atoms with E-state index in [1.54, 1.807) is 12.4 Å². The van der Waals surface area contributed by atoms with Crippen molar-refractivity contribution in [1.82, 2.24) is 19.8 Å². The van der Waals surface area contributed by atoms with Crippen LogP contribution in [0, 0.1) is 23.7 Å². The zero-order valence-electron chi connectivity index (χ0n) is 17.2. The second kappa shape index (κ2) is 8.61. The molecule has 0 spiro atoms. The van der Waals surface area contributed by atoms with Gasteiger partial charge in [0.2, 0.25) is 0 Å². The van der Waals surface area contributed by atoms with Gasteiger partial charge in [0.05, 0.1) is 18.7 Å². The third-order valence-electron chi connectivity index (χ3n) is 6.74. The molecule has 1 aromatic heterocycles. The van der Waals surface area contributed by atoms with Crippen molar-refractivity contribution in [3.8, 4) is 0 Å². The molecule has 1 aliphatic carbocycles. The summed E-state index contributed by atoms with van der Waals surface area (Å²) in [6, 6.07) is 0.457. The minimum absolute atomic E-state index is 0.0363. The topological polar surface area (TPSA) is 75.6 Å². The van der Waals surface area contributed by atoms with E-state index in [0.29, 0.717) is 30.2 Å². The molecule has 3 heterocycles. The van der Waals surface area contributed by atoms with Crippen LogP contribution in [0.2, 0.25) is 0 Å². The van der Waals surface area contributed by atoms with Crippen molar-refractivity contribution in [3.05, 3.63) is 36.4 Å². The van der Waals surface area contributed by atoms with Crippen LogP contribution in [0.1, 0.15) is 37.2 Å². The van der Waals surface area contributed by atoms with Gasteiger partial charge in [-0.2, -0.15) is 0 Å². The van der Waals surface area contributed by atoms with Gasteiger partial charge in [-0.05, 0) is 37.5 Å². The molecule has 7 heteroatoms. The van der Waals surface area contributed by atoms with Gasteiger partial charge in [-0.1, -0.05) is 19.1 Å². The Morgan fingerprint density at radius 3 is 2.66 bits per heavy atom. The van der Waals surface area contributed by atoms with Gasteiger partial charge in [0.25, 0.3) is 5.91 Å². The van der Waals surface area contributed by atoms with Crippen molar-refractivity contribution in [2.45, 2.75) is 32.7 Å². The molecule has 29 heavy (non-hydrogen) atoms. The van der Waals surface area contributed by atoms with E-state index in [0.717, 1.165) is 39.0 Å². The van der Waals surface area contributed by atoms with Gasteiger partial charge in [0.15, 0.2) is 0 Å². The Morgan fingerprint density at radius 1 is 1.17 bits per heavy atom. The highest BCUT2D eigenvalue weighted by molar-refractivity contribution is 5.92. The number of nitrogens with zero attached hydrogens (tertiary/aromatic N) is 4. The summed E-state index contributed by atoms with van der Waals surface area (Å²) >= 11 is 0. The molecule has 0 unspecified atom stereocenters. The van der Waals surface area contributed by atoms with Crippen molar-refractivity contribution in [2.24, 2.45) is 23.7 Å². The molecular weight excluding hydrogens is 368 g/mol. The number of amides is 1. The molecule has 4 atom stereocenters. The van der Waals surface area contributed by atoms with Gasteiger partial charge in [-0.3, -0.25) is 19.5 Å². The molecule has 1 aromatic rings. The standard InChI is InChI=1S/C22H30N4O3/c1-3-29-22(28)20-15(2)4-5-16-13-26(14-18(16)20)17-6-10-25(11-7-17)21(27)19-12-23-8-9-24-19/h4-5,8-9,12,15-18,20H,3,6-7,10-11,13-14H2,1-2H3/t15-,16-,18-,20-/m0/s1. The number of esters is 1. The monoisotopic (exact) mass is 398 g/mol. The van der Waals surface area contributed by atoms with Crippen LogP contribution in [-0.2, 0) is 9.53 Å². The van der Waals surface area contributed by atoms with Gasteiger partial charge >= 0.3 is 5.97 Å². The largest absolute Gasteiger partial charge is 0.466 e. The molecule has 0 aromatic carbocycles. The summed E-state index contributed by atoms with van der Waals surface area (Å²) in [4.78, 5) is 37.7. The lowest BCUT2D eigenvalue weighted by molar-refractivity contribution is -0.152. The van der Waals surface area contributed by atoms with E-state index in [9.17, 15) is 9.59 Å². The van der Waals surface area contributed by atoms with Crippen LogP contribution in [0.25, 0.3) is 0 Å². The number of likely N-dealkylation sites (tertiary alicyclic amines) is 2. The molecular formula is C22H30N4O3. The summed E-state index contributed by atoms with van der Waals surface area (Å²) in [5.74, 6) is 0.833. The Balaban J connectivity index is 1.36. The molecule has 7 nitrogen and oxygen atoms in total. The average molecular weight is 399 g/mol. The molecule has 0 saturated carbocycles. The maximum Gasteiger partial charge on any atom is 0.309 e. The highest BCUT2D eigenvalue weighted by atomic mass is 16.5. The van der Waals surface area contributed by atoms with E-state index in [2.05, 4.69) is 33.9 Å². The van der Waals surface area contributed by atoms with E-state index in [1.807, 2.05) is 11.8 Å². The van der Waals surface area contributed by atoms with Crippen LogP contribution < -0.4 is 0 Å². The number of piperidine rings is 1. The van der Waals surface area contributed by atoms with E-state index < -0.39 is 0 Å². The fourth-order valence-electron chi connectivity index (χ4n) is 5.23. The van der Waals surface area contributed by atoms with Gasteiger partial charge in [0.1, 0.15) is 5.69 Å². The zero-order valence-corrected chi connectivity index (χ0v) is 17.2. The van der Waals surface area contributed by atoms with E-state index >= 15 is 0 Å². The Kier molecular flexibility index (Phi) is 5.94. The normalized spacial score (nSPS) is 30.2. The maximum absolute atomic E-state index is 12.6. The first-order valence-corrected chi connectivity index (χ1v) is 10.7.